The number of carbonyl (C=O) groups is 1. The molecule has 0 bridgehead atoms. The van der Waals surface area contributed by atoms with Gasteiger partial charge in [0, 0.05) is 30.7 Å². The number of rotatable bonds is 6. The van der Waals surface area contributed by atoms with E-state index in [1.807, 2.05) is 0 Å². The van der Waals surface area contributed by atoms with Crippen molar-refractivity contribution < 1.29 is 13.2 Å². The van der Waals surface area contributed by atoms with Crippen LogP contribution < -0.4 is 10.6 Å². The van der Waals surface area contributed by atoms with Crippen LogP contribution in [-0.2, 0) is 14.8 Å². The average Bonchev–Trinajstić information content (AvgIpc) is 2.57. The fraction of sp³-hybridized carbons (Fsp3) is 0.588. The summed E-state index contributed by atoms with van der Waals surface area (Å²) in [5.74, 6) is -0.156. The summed E-state index contributed by atoms with van der Waals surface area (Å²) in [4.78, 5) is 12.5. The largest absolute Gasteiger partial charge is 0.326 e. The first-order valence-electron chi connectivity index (χ1n) is 8.63. The van der Waals surface area contributed by atoms with Crippen LogP contribution in [-0.4, -0.2) is 44.3 Å². The molecule has 0 unspecified atom stereocenters. The van der Waals surface area contributed by atoms with Crippen LogP contribution >= 0.6 is 11.6 Å². The molecule has 2 N–H and O–H groups in total. The molecular weight excluding hydrogens is 362 g/mol. The quantitative estimate of drug-likeness (QED) is 0.786. The maximum Gasteiger partial charge on any atom is 0.244 e. The van der Waals surface area contributed by atoms with Gasteiger partial charge in [-0.3, -0.25) is 4.79 Å². The number of hydrogen-bond donors (Lipinski definition) is 2. The molecular formula is C17H26ClN3O3S. The Bertz CT molecular complexity index is 720. The van der Waals surface area contributed by atoms with Gasteiger partial charge in [0.2, 0.25) is 15.9 Å². The minimum Gasteiger partial charge on any atom is -0.326 e. The molecule has 8 heteroatoms. The number of halogens is 1. The fourth-order valence-corrected chi connectivity index (χ4v) is 5.05. The van der Waals surface area contributed by atoms with E-state index in [0.717, 1.165) is 19.4 Å². The molecule has 25 heavy (non-hydrogen) atoms. The lowest BCUT2D eigenvalue weighted by molar-refractivity contribution is -0.120. The Labute approximate surface area is 155 Å². The summed E-state index contributed by atoms with van der Waals surface area (Å²) in [7, 11) is -3.68. The Morgan fingerprint density at radius 2 is 2.04 bits per heavy atom. The Balaban J connectivity index is 2.22. The lowest BCUT2D eigenvalue weighted by Crippen LogP contribution is -2.40. The number of nitrogens with zero attached hydrogens (tertiary/aromatic N) is 1. The standard InChI is InChI=1S/C17H26ClN3O3S/c1-4-21(5-2)25(23,24)16-11-14(6-7-15(16)18)20-17(22)13-8-9-19-12(3)10-13/h6-7,11-13,19H,4-5,8-10H2,1-3H3,(H,20,22)/t12-,13-/m0/s1. The van der Waals surface area contributed by atoms with E-state index >= 15 is 0 Å². The molecule has 140 valence electrons. The third-order valence-electron chi connectivity index (χ3n) is 4.52. The number of hydrogen-bond acceptors (Lipinski definition) is 4. The Morgan fingerprint density at radius 1 is 1.36 bits per heavy atom. The summed E-state index contributed by atoms with van der Waals surface area (Å²) < 4.78 is 26.8. The van der Waals surface area contributed by atoms with Crippen molar-refractivity contribution in [1.82, 2.24) is 9.62 Å². The minimum atomic E-state index is -3.68. The number of sulfonamides is 1. The minimum absolute atomic E-state index is 0.0225. The normalized spacial score (nSPS) is 21.3. The summed E-state index contributed by atoms with van der Waals surface area (Å²) in [5.41, 5.74) is 0.450. The second-order valence-corrected chi connectivity index (χ2v) is 8.61. The van der Waals surface area contributed by atoms with Gasteiger partial charge >= 0.3 is 0 Å². The van der Waals surface area contributed by atoms with Crippen LogP contribution in [0.2, 0.25) is 5.02 Å². The van der Waals surface area contributed by atoms with E-state index in [1.165, 1.54) is 16.4 Å². The maximum atomic E-state index is 12.7. The number of carbonyl (C=O) groups excluding carboxylic acids is 1. The molecule has 1 aliphatic heterocycles. The van der Waals surface area contributed by atoms with Gasteiger partial charge in [-0.1, -0.05) is 25.4 Å². The summed E-state index contributed by atoms with van der Waals surface area (Å²) in [6.07, 6.45) is 1.54. The first kappa shape index (κ1) is 20.2. The first-order valence-corrected chi connectivity index (χ1v) is 10.4. The van der Waals surface area contributed by atoms with Crippen molar-refractivity contribution >= 4 is 33.2 Å². The smallest absolute Gasteiger partial charge is 0.244 e. The molecule has 1 aromatic rings. The highest BCUT2D eigenvalue weighted by atomic mass is 35.5. The van der Waals surface area contributed by atoms with Gasteiger partial charge in [-0.05, 0) is 44.5 Å². The van der Waals surface area contributed by atoms with Gasteiger partial charge in [0.05, 0.1) is 5.02 Å². The highest BCUT2D eigenvalue weighted by Gasteiger charge is 2.27. The monoisotopic (exact) mass is 387 g/mol. The molecule has 2 atom stereocenters. The molecule has 2 rings (SSSR count). The number of amides is 1. The Kier molecular flexibility index (Phi) is 6.85. The molecule has 0 aliphatic carbocycles. The summed E-state index contributed by atoms with van der Waals surface area (Å²) in [6, 6.07) is 4.89. The van der Waals surface area contributed by atoms with Gasteiger partial charge in [-0.15, -0.1) is 0 Å². The van der Waals surface area contributed by atoms with Crippen molar-refractivity contribution in [3.05, 3.63) is 23.2 Å². The van der Waals surface area contributed by atoms with Crippen LogP contribution in [0.5, 0.6) is 0 Å². The molecule has 1 amide bonds. The average molecular weight is 388 g/mol. The van der Waals surface area contributed by atoms with Crippen molar-refractivity contribution in [3.8, 4) is 0 Å². The molecule has 0 saturated carbocycles. The zero-order chi connectivity index (χ0) is 18.6. The summed E-state index contributed by atoms with van der Waals surface area (Å²) >= 11 is 6.12. The van der Waals surface area contributed by atoms with Crippen LogP contribution in [0.4, 0.5) is 5.69 Å². The second kappa shape index (κ2) is 8.49. The van der Waals surface area contributed by atoms with Gasteiger partial charge in [-0.25, -0.2) is 8.42 Å². The molecule has 1 fully saturated rings. The van der Waals surface area contributed by atoms with Gasteiger partial charge < -0.3 is 10.6 Å². The van der Waals surface area contributed by atoms with Crippen LogP contribution in [0.1, 0.15) is 33.6 Å². The van der Waals surface area contributed by atoms with Crippen molar-refractivity contribution in [1.29, 1.82) is 0 Å². The van der Waals surface area contributed by atoms with Crippen LogP contribution in [0, 0.1) is 5.92 Å². The fourth-order valence-electron chi connectivity index (χ4n) is 3.10. The van der Waals surface area contributed by atoms with Crippen molar-refractivity contribution in [2.45, 2.75) is 44.6 Å². The second-order valence-electron chi connectivity index (χ2n) is 6.30. The van der Waals surface area contributed by atoms with Gasteiger partial charge in [0.15, 0.2) is 0 Å². The number of nitrogens with one attached hydrogen (secondary N) is 2. The number of benzene rings is 1. The van der Waals surface area contributed by atoms with Crippen molar-refractivity contribution in [2.75, 3.05) is 25.0 Å². The van der Waals surface area contributed by atoms with Crippen LogP contribution in [0.15, 0.2) is 23.1 Å². The molecule has 1 aliphatic rings. The lowest BCUT2D eigenvalue weighted by atomic mass is 9.92. The molecule has 0 aromatic heterocycles. The third-order valence-corrected chi connectivity index (χ3v) is 7.05. The van der Waals surface area contributed by atoms with Gasteiger partial charge in [0.1, 0.15) is 4.90 Å². The SMILES string of the molecule is CCN(CC)S(=O)(=O)c1cc(NC(=O)[C@H]2CCN[C@@H](C)C2)ccc1Cl. The predicted molar refractivity (Wildman–Crippen MR) is 100 cm³/mol. The van der Waals surface area contributed by atoms with Gasteiger partial charge in [0.25, 0.3) is 0 Å². The molecule has 6 nitrogen and oxygen atoms in total. The molecule has 0 radical (unpaired) electrons. The van der Waals surface area contributed by atoms with Crippen molar-refractivity contribution in [2.24, 2.45) is 5.92 Å². The highest BCUT2D eigenvalue weighted by molar-refractivity contribution is 7.89. The molecule has 1 heterocycles. The van der Waals surface area contributed by atoms with E-state index in [9.17, 15) is 13.2 Å². The number of anilines is 1. The van der Waals surface area contributed by atoms with E-state index in [0.29, 0.717) is 24.8 Å². The maximum absolute atomic E-state index is 12.7. The zero-order valence-electron chi connectivity index (χ0n) is 14.9. The topological polar surface area (TPSA) is 78.5 Å². The van der Waals surface area contributed by atoms with E-state index in [1.54, 1.807) is 19.9 Å². The molecule has 1 aromatic carbocycles. The molecule has 0 spiro atoms. The highest BCUT2D eigenvalue weighted by Crippen LogP contribution is 2.28. The number of piperidine rings is 1. The van der Waals surface area contributed by atoms with Crippen molar-refractivity contribution in [3.63, 3.8) is 0 Å². The van der Waals surface area contributed by atoms with E-state index < -0.39 is 10.0 Å². The summed E-state index contributed by atoms with van der Waals surface area (Å²) in [6.45, 7) is 7.13. The molecule has 1 saturated heterocycles. The lowest BCUT2D eigenvalue weighted by Gasteiger charge is -2.27. The van der Waals surface area contributed by atoms with E-state index in [-0.39, 0.29) is 21.7 Å². The first-order chi connectivity index (χ1) is 11.8. The Morgan fingerprint density at radius 3 is 2.64 bits per heavy atom. The predicted octanol–water partition coefficient (Wildman–Crippen LogP) is 2.70. The third kappa shape index (κ3) is 4.73. The Hall–Kier alpha value is -1.15. The van der Waals surface area contributed by atoms with E-state index in [4.69, 9.17) is 11.6 Å². The zero-order valence-corrected chi connectivity index (χ0v) is 16.5. The van der Waals surface area contributed by atoms with Crippen LogP contribution in [0.25, 0.3) is 0 Å². The van der Waals surface area contributed by atoms with Crippen LogP contribution in [0.3, 0.4) is 0 Å². The summed E-state index contributed by atoms with van der Waals surface area (Å²) in [5, 5.41) is 6.30. The van der Waals surface area contributed by atoms with Gasteiger partial charge in [-0.2, -0.15) is 4.31 Å². The van der Waals surface area contributed by atoms with E-state index in [2.05, 4.69) is 17.6 Å².